The molecule has 0 aliphatic heterocycles. The fraction of sp³-hybridized carbons (Fsp3) is 0.312. The molecule has 0 bridgehead atoms. The van der Waals surface area contributed by atoms with E-state index < -0.39 is 18.0 Å². The first-order valence-electron chi connectivity index (χ1n) is 7.29. The molecule has 0 saturated heterocycles. The Kier molecular flexibility index (Phi) is 7.04. The minimum Gasteiger partial charge on any atom is -0.490 e. The maximum absolute atomic E-state index is 12.1. The summed E-state index contributed by atoms with van der Waals surface area (Å²) >= 11 is 12.5. The average molecular weight is 404 g/mol. The Bertz CT molecular complexity index is 765. The largest absolute Gasteiger partial charge is 0.490 e. The molecular weight excluding hydrogens is 389 g/mol. The van der Waals surface area contributed by atoms with Crippen LogP contribution in [0.25, 0.3) is 0 Å². The van der Waals surface area contributed by atoms with Crippen LogP contribution in [0, 0.1) is 0 Å². The number of aromatic nitrogens is 1. The lowest BCUT2D eigenvalue weighted by Gasteiger charge is -2.16. The zero-order valence-corrected chi connectivity index (χ0v) is 15.8. The molecule has 1 unspecified atom stereocenters. The summed E-state index contributed by atoms with van der Waals surface area (Å²) < 4.78 is 19.4. The Hall–Kier alpha value is -1.83. The van der Waals surface area contributed by atoms with E-state index in [2.05, 4.69) is 9.11 Å². The van der Waals surface area contributed by atoms with Crippen molar-refractivity contribution in [3.05, 3.63) is 44.9 Å². The second kappa shape index (κ2) is 9.03. The predicted octanol–water partition coefficient (Wildman–Crippen LogP) is 4.25. The van der Waals surface area contributed by atoms with Gasteiger partial charge in [-0.3, -0.25) is 0 Å². The number of benzene rings is 1. The second-order valence-electron chi connectivity index (χ2n) is 4.88. The Morgan fingerprint density at radius 2 is 2.04 bits per heavy atom. The van der Waals surface area contributed by atoms with E-state index in [0.29, 0.717) is 17.7 Å². The van der Waals surface area contributed by atoms with E-state index in [9.17, 15) is 9.59 Å². The monoisotopic (exact) mass is 403 g/mol. The third-order valence-electron chi connectivity index (χ3n) is 3.20. The van der Waals surface area contributed by atoms with Gasteiger partial charge < -0.3 is 14.2 Å². The molecule has 9 heteroatoms. The van der Waals surface area contributed by atoms with E-state index in [0.717, 1.165) is 11.5 Å². The van der Waals surface area contributed by atoms with Gasteiger partial charge in [0.05, 0.1) is 12.7 Å². The molecule has 0 saturated carbocycles. The van der Waals surface area contributed by atoms with Gasteiger partial charge in [0.2, 0.25) is 0 Å². The molecule has 0 fully saturated rings. The lowest BCUT2D eigenvalue weighted by molar-refractivity contribution is 0.0170. The minimum absolute atomic E-state index is 0.0718. The lowest BCUT2D eigenvalue weighted by atomic mass is 10.2. The highest BCUT2D eigenvalue weighted by Crippen LogP contribution is 2.29. The fourth-order valence-electron chi connectivity index (χ4n) is 1.85. The molecule has 1 atom stereocenters. The van der Waals surface area contributed by atoms with Crippen molar-refractivity contribution in [2.45, 2.75) is 19.4 Å². The van der Waals surface area contributed by atoms with Crippen LogP contribution in [-0.2, 0) is 9.47 Å². The van der Waals surface area contributed by atoms with Gasteiger partial charge in [-0.1, -0.05) is 36.2 Å². The van der Waals surface area contributed by atoms with Crippen molar-refractivity contribution in [1.29, 1.82) is 0 Å². The smallest absolute Gasteiger partial charge is 0.351 e. The zero-order chi connectivity index (χ0) is 18.4. The summed E-state index contributed by atoms with van der Waals surface area (Å²) in [5.74, 6) is -0.593. The third kappa shape index (κ3) is 5.07. The maximum atomic E-state index is 12.1. The normalized spacial score (nSPS) is 11.7. The molecule has 0 aliphatic rings. The summed E-state index contributed by atoms with van der Waals surface area (Å²) in [6.07, 6.45) is 0.0401. The molecular formula is C16H15Cl2NO5S. The average Bonchev–Trinajstić information content (AvgIpc) is 2.97. The summed E-state index contributed by atoms with van der Waals surface area (Å²) in [6.45, 7) is 1.98. The van der Waals surface area contributed by atoms with Gasteiger partial charge in [-0.25, -0.2) is 9.59 Å². The van der Waals surface area contributed by atoms with Crippen molar-refractivity contribution in [1.82, 2.24) is 4.37 Å². The number of carbonyl (C=O) groups is 2. The predicted molar refractivity (Wildman–Crippen MR) is 94.9 cm³/mol. The number of hydrogen-bond donors (Lipinski definition) is 0. The molecule has 25 heavy (non-hydrogen) atoms. The van der Waals surface area contributed by atoms with Crippen molar-refractivity contribution in [2.24, 2.45) is 0 Å². The Balaban J connectivity index is 1.97. The molecule has 0 radical (unpaired) electrons. The van der Waals surface area contributed by atoms with Crippen molar-refractivity contribution < 1.29 is 23.8 Å². The molecule has 1 aromatic carbocycles. The SMILES string of the molecule is CCC(COc1cccc(C(=O)OC)c1)OC(=O)c1snc(Cl)c1Cl. The van der Waals surface area contributed by atoms with Gasteiger partial charge >= 0.3 is 11.9 Å². The molecule has 6 nitrogen and oxygen atoms in total. The van der Waals surface area contributed by atoms with Crippen molar-refractivity contribution in [3.63, 3.8) is 0 Å². The zero-order valence-electron chi connectivity index (χ0n) is 13.5. The fourth-order valence-corrected chi connectivity index (χ4v) is 2.94. The van der Waals surface area contributed by atoms with E-state index in [1.165, 1.54) is 7.11 Å². The molecule has 1 heterocycles. The van der Waals surface area contributed by atoms with Crippen molar-refractivity contribution in [3.8, 4) is 5.75 Å². The van der Waals surface area contributed by atoms with Crippen molar-refractivity contribution >= 4 is 46.7 Å². The van der Waals surface area contributed by atoms with E-state index in [1.54, 1.807) is 24.3 Å². The van der Waals surface area contributed by atoms with Crippen LogP contribution in [0.5, 0.6) is 5.75 Å². The van der Waals surface area contributed by atoms with Crippen LogP contribution < -0.4 is 4.74 Å². The number of hydrogen-bond acceptors (Lipinski definition) is 7. The Morgan fingerprint density at radius 1 is 1.28 bits per heavy atom. The van der Waals surface area contributed by atoms with Gasteiger partial charge in [-0.15, -0.1) is 0 Å². The summed E-state index contributed by atoms with van der Waals surface area (Å²) in [5, 5.41) is 0.153. The molecule has 1 aromatic heterocycles. The first-order valence-corrected chi connectivity index (χ1v) is 8.82. The third-order valence-corrected chi connectivity index (χ3v) is 4.98. The Morgan fingerprint density at radius 3 is 2.64 bits per heavy atom. The summed E-state index contributed by atoms with van der Waals surface area (Å²) in [5.41, 5.74) is 0.371. The highest BCUT2D eigenvalue weighted by molar-refractivity contribution is 7.09. The number of esters is 2. The molecule has 134 valence electrons. The number of nitrogens with zero attached hydrogens (tertiary/aromatic N) is 1. The van der Waals surface area contributed by atoms with Crippen LogP contribution in [0.15, 0.2) is 24.3 Å². The van der Waals surface area contributed by atoms with Crippen LogP contribution in [0.4, 0.5) is 0 Å². The van der Waals surface area contributed by atoms with Gasteiger partial charge in [0.15, 0.2) is 10.0 Å². The number of methoxy groups -OCH3 is 1. The number of halogens is 2. The molecule has 0 amide bonds. The standard InChI is InChI=1S/C16H15Cl2NO5S/c1-3-10(24-16(21)13-12(17)14(18)19-25-13)8-23-11-6-4-5-9(7-11)15(20)22-2/h4-7,10H,3,8H2,1-2H3. The molecule has 0 N–H and O–H groups in total. The number of carbonyl (C=O) groups excluding carboxylic acids is 2. The molecule has 2 aromatic rings. The van der Waals surface area contributed by atoms with Gasteiger partial charge in [0.1, 0.15) is 23.5 Å². The second-order valence-corrected chi connectivity index (χ2v) is 6.39. The Labute approximate surface area is 158 Å². The lowest BCUT2D eigenvalue weighted by Crippen LogP contribution is -2.24. The van der Waals surface area contributed by atoms with Gasteiger partial charge in [0, 0.05) is 0 Å². The van der Waals surface area contributed by atoms with Crippen LogP contribution in [-0.4, -0.2) is 36.1 Å². The first kappa shape index (κ1) is 19.5. The van der Waals surface area contributed by atoms with Crippen LogP contribution in [0.3, 0.4) is 0 Å². The summed E-state index contributed by atoms with van der Waals surface area (Å²) in [7, 11) is 1.30. The van der Waals surface area contributed by atoms with E-state index in [1.807, 2.05) is 6.92 Å². The van der Waals surface area contributed by atoms with Crippen LogP contribution in [0.2, 0.25) is 10.2 Å². The minimum atomic E-state index is -0.604. The van der Waals surface area contributed by atoms with E-state index in [-0.39, 0.29) is 21.7 Å². The number of rotatable bonds is 7. The molecule has 0 aliphatic carbocycles. The molecule has 2 rings (SSSR count). The molecule has 0 spiro atoms. The quantitative estimate of drug-likeness (QED) is 0.643. The highest BCUT2D eigenvalue weighted by atomic mass is 35.5. The first-order chi connectivity index (χ1) is 12.0. The van der Waals surface area contributed by atoms with Gasteiger partial charge in [-0.05, 0) is 36.2 Å². The van der Waals surface area contributed by atoms with Crippen molar-refractivity contribution in [2.75, 3.05) is 13.7 Å². The summed E-state index contributed by atoms with van der Waals surface area (Å²) in [4.78, 5) is 23.8. The number of ether oxygens (including phenoxy) is 3. The van der Waals surface area contributed by atoms with Crippen LogP contribution >= 0.6 is 34.7 Å². The van der Waals surface area contributed by atoms with E-state index in [4.69, 9.17) is 32.7 Å². The summed E-state index contributed by atoms with van der Waals surface area (Å²) in [6, 6.07) is 6.54. The van der Waals surface area contributed by atoms with E-state index >= 15 is 0 Å². The van der Waals surface area contributed by atoms with Gasteiger partial charge in [0.25, 0.3) is 0 Å². The topological polar surface area (TPSA) is 74.7 Å². The highest BCUT2D eigenvalue weighted by Gasteiger charge is 2.22. The van der Waals surface area contributed by atoms with Gasteiger partial charge in [-0.2, -0.15) is 4.37 Å². The van der Waals surface area contributed by atoms with Crippen LogP contribution in [0.1, 0.15) is 33.4 Å². The maximum Gasteiger partial charge on any atom is 0.351 e.